The summed E-state index contributed by atoms with van der Waals surface area (Å²) in [6.07, 6.45) is 4.57. The highest BCUT2D eigenvalue weighted by molar-refractivity contribution is 9.10. The summed E-state index contributed by atoms with van der Waals surface area (Å²) in [5.41, 5.74) is 2.88. The van der Waals surface area contributed by atoms with Gasteiger partial charge in [-0.05, 0) is 91.4 Å². The van der Waals surface area contributed by atoms with Crippen molar-refractivity contribution < 1.29 is 18.0 Å². The number of carbonyl (C=O) groups excluding carboxylic acids is 2. The smallest absolute Gasteiger partial charge is 0.261 e. The van der Waals surface area contributed by atoms with Crippen LogP contribution in [0.5, 0.6) is 0 Å². The lowest BCUT2D eigenvalue weighted by Crippen LogP contribution is -2.40. The standard InChI is InChI=1S/C27H25BrClN3O4S/c28-19-5-7-20(8-6-19)31-37(35,36)22-10-11-24(29)23(15-22)27(34)30-21-9-12-25-18(14-21)4-13-26(33)32(25)16-17-2-1-3-17/h5-12,14-15,17,31H,1-4,13,16H2,(H,30,34). The Balaban J connectivity index is 1.34. The molecule has 1 saturated carbocycles. The molecule has 0 atom stereocenters. The Morgan fingerprint density at radius 1 is 1.00 bits per heavy atom. The number of hydrogen-bond donors (Lipinski definition) is 2. The van der Waals surface area contributed by atoms with Crippen molar-refractivity contribution in [2.45, 2.75) is 37.0 Å². The second-order valence-corrected chi connectivity index (χ2v) is 12.4. The van der Waals surface area contributed by atoms with Crippen LogP contribution in [-0.4, -0.2) is 26.8 Å². The minimum absolute atomic E-state index is 0.0415. The highest BCUT2D eigenvalue weighted by atomic mass is 79.9. The largest absolute Gasteiger partial charge is 0.322 e. The molecule has 2 amide bonds. The third kappa shape index (κ3) is 5.68. The Kier molecular flexibility index (Phi) is 7.29. The first-order chi connectivity index (χ1) is 17.7. The molecule has 192 valence electrons. The van der Waals surface area contributed by atoms with Crippen LogP contribution < -0.4 is 14.9 Å². The van der Waals surface area contributed by atoms with E-state index in [0.29, 0.717) is 30.1 Å². The van der Waals surface area contributed by atoms with Crippen molar-refractivity contribution in [1.29, 1.82) is 0 Å². The molecule has 37 heavy (non-hydrogen) atoms. The predicted octanol–water partition coefficient (Wildman–Crippen LogP) is 6.23. The lowest BCUT2D eigenvalue weighted by atomic mass is 9.84. The lowest BCUT2D eigenvalue weighted by molar-refractivity contribution is -0.119. The van der Waals surface area contributed by atoms with Gasteiger partial charge in [0.1, 0.15) is 0 Å². The Morgan fingerprint density at radius 2 is 1.73 bits per heavy atom. The number of carbonyl (C=O) groups is 2. The van der Waals surface area contributed by atoms with Gasteiger partial charge in [0.25, 0.3) is 15.9 Å². The van der Waals surface area contributed by atoms with Crippen LogP contribution in [0.15, 0.2) is 70.0 Å². The zero-order chi connectivity index (χ0) is 26.2. The zero-order valence-corrected chi connectivity index (χ0v) is 23.0. The molecule has 1 aliphatic heterocycles. The van der Waals surface area contributed by atoms with Crippen LogP contribution in [0.2, 0.25) is 5.02 Å². The third-order valence-corrected chi connectivity index (χ3v) is 9.03. The molecule has 0 radical (unpaired) electrons. The van der Waals surface area contributed by atoms with Gasteiger partial charge in [0, 0.05) is 34.5 Å². The highest BCUT2D eigenvalue weighted by Crippen LogP contribution is 2.35. The Bertz CT molecular complexity index is 1470. The molecule has 0 bridgehead atoms. The summed E-state index contributed by atoms with van der Waals surface area (Å²) in [6, 6.07) is 16.2. The Hall–Kier alpha value is -2.88. The maximum absolute atomic E-state index is 13.1. The normalized spacial score (nSPS) is 15.6. The van der Waals surface area contributed by atoms with E-state index >= 15 is 0 Å². The molecular formula is C27H25BrClN3O4S. The first kappa shape index (κ1) is 25.8. The number of nitrogens with zero attached hydrogens (tertiary/aromatic N) is 1. The van der Waals surface area contributed by atoms with Crippen LogP contribution in [0.1, 0.15) is 41.6 Å². The maximum atomic E-state index is 13.1. The summed E-state index contributed by atoms with van der Waals surface area (Å²) in [4.78, 5) is 27.4. The molecule has 10 heteroatoms. The Labute approximate surface area is 229 Å². The fourth-order valence-corrected chi connectivity index (χ4v) is 6.10. The van der Waals surface area contributed by atoms with Crippen molar-refractivity contribution >= 4 is 66.4 Å². The van der Waals surface area contributed by atoms with E-state index in [0.717, 1.165) is 35.1 Å². The quantitative estimate of drug-likeness (QED) is 0.335. The van der Waals surface area contributed by atoms with Gasteiger partial charge in [-0.1, -0.05) is 34.0 Å². The van der Waals surface area contributed by atoms with E-state index in [9.17, 15) is 18.0 Å². The second-order valence-electron chi connectivity index (χ2n) is 9.35. The van der Waals surface area contributed by atoms with E-state index in [1.807, 2.05) is 17.0 Å². The lowest BCUT2D eigenvalue weighted by Gasteiger charge is -2.35. The van der Waals surface area contributed by atoms with Crippen molar-refractivity contribution in [3.8, 4) is 0 Å². The number of halogens is 2. The summed E-state index contributed by atoms with van der Waals surface area (Å²) in [5.74, 6) is 0.167. The van der Waals surface area contributed by atoms with Crippen LogP contribution in [0.25, 0.3) is 0 Å². The number of hydrogen-bond acceptors (Lipinski definition) is 4. The molecular weight excluding hydrogens is 578 g/mol. The molecule has 2 aliphatic rings. The predicted molar refractivity (Wildman–Crippen MR) is 149 cm³/mol. The molecule has 0 spiro atoms. The number of aryl methyl sites for hydroxylation is 1. The second kappa shape index (κ2) is 10.5. The number of fused-ring (bicyclic) bond motifs is 1. The summed E-state index contributed by atoms with van der Waals surface area (Å²) >= 11 is 9.60. The fraction of sp³-hybridized carbons (Fsp3) is 0.259. The molecule has 0 saturated heterocycles. The van der Waals surface area contributed by atoms with Crippen molar-refractivity contribution in [2.24, 2.45) is 5.92 Å². The average molecular weight is 603 g/mol. The van der Waals surface area contributed by atoms with E-state index in [2.05, 4.69) is 26.0 Å². The first-order valence-electron chi connectivity index (χ1n) is 12.0. The van der Waals surface area contributed by atoms with Crippen molar-refractivity contribution in [3.63, 3.8) is 0 Å². The molecule has 1 aliphatic carbocycles. The van der Waals surface area contributed by atoms with Gasteiger partial charge in [-0.25, -0.2) is 8.42 Å². The Morgan fingerprint density at radius 3 is 2.43 bits per heavy atom. The van der Waals surface area contributed by atoms with Crippen LogP contribution in [0.4, 0.5) is 17.1 Å². The molecule has 7 nitrogen and oxygen atoms in total. The van der Waals surface area contributed by atoms with Gasteiger partial charge in [-0.15, -0.1) is 0 Å². The van der Waals surface area contributed by atoms with E-state index < -0.39 is 15.9 Å². The summed E-state index contributed by atoms with van der Waals surface area (Å²) in [7, 11) is -3.94. The molecule has 3 aromatic carbocycles. The summed E-state index contributed by atoms with van der Waals surface area (Å²) < 4.78 is 29.2. The molecule has 0 unspecified atom stereocenters. The van der Waals surface area contributed by atoms with Gasteiger partial charge in [0.2, 0.25) is 5.91 Å². The highest BCUT2D eigenvalue weighted by Gasteiger charge is 2.29. The topological polar surface area (TPSA) is 95.6 Å². The number of nitrogens with one attached hydrogen (secondary N) is 2. The SMILES string of the molecule is O=C(Nc1ccc2c(c1)CCC(=O)N2CC1CCC1)c1cc(S(=O)(=O)Nc2ccc(Br)cc2)ccc1Cl. The first-order valence-corrected chi connectivity index (χ1v) is 14.7. The third-order valence-electron chi connectivity index (χ3n) is 6.79. The van der Waals surface area contributed by atoms with Crippen molar-refractivity contribution in [2.75, 3.05) is 21.5 Å². The number of sulfonamides is 1. The van der Waals surface area contributed by atoms with Gasteiger partial charge in [-0.3, -0.25) is 14.3 Å². The van der Waals surface area contributed by atoms with E-state index in [-0.39, 0.29) is 21.4 Å². The summed E-state index contributed by atoms with van der Waals surface area (Å²) in [5, 5.41) is 2.96. The van der Waals surface area contributed by atoms with Gasteiger partial charge < -0.3 is 10.2 Å². The minimum Gasteiger partial charge on any atom is -0.322 e. The average Bonchev–Trinajstić information content (AvgIpc) is 2.83. The number of anilines is 3. The zero-order valence-electron chi connectivity index (χ0n) is 19.8. The van der Waals surface area contributed by atoms with Gasteiger partial charge in [-0.2, -0.15) is 0 Å². The van der Waals surface area contributed by atoms with Gasteiger partial charge in [0.05, 0.1) is 15.5 Å². The monoisotopic (exact) mass is 601 g/mol. The molecule has 2 N–H and O–H groups in total. The molecule has 1 heterocycles. The molecule has 0 aromatic heterocycles. The molecule has 3 aromatic rings. The van der Waals surface area contributed by atoms with Crippen LogP contribution in [0, 0.1) is 5.92 Å². The van der Waals surface area contributed by atoms with E-state index in [1.54, 1.807) is 30.3 Å². The number of benzene rings is 3. The number of amides is 2. The van der Waals surface area contributed by atoms with Gasteiger partial charge in [0.15, 0.2) is 0 Å². The van der Waals surface area contributed by atoms with Crippen LogP contribution >= 0.6 is 27.5 Å². The summed E-state index contributed by atoms with van der Waals surface area (Å²) in [6.45, 7) is 0.739. The van der Waals surface area contributed by atoms with Crippen LogP contribution in [-0.2, 0) is 21.2 Å². The van der Waals surface area contributed by atoms with E-state index in [1.165, 1.54) is 24.6 Å². The van der Waals surface area contributed by atoms with Gasteiger partial charge >= 0.3 is 0 Å². The van der Waals surface area contributed by atoms with Crippen LogP contribution in [0.3, 0.4) is 0 Å². The van der Waals surface area contributed by atoms with Crippen molar-refractivity contribution in [1.82, 2.24) is 0 Å². The minimum atomic E-state index is -3.94. The maximum Gasteiger partial charge on any atom is 0.261 e. The fourth-order valence-electron chi connectivity index (χ4n) is 4.55. The number of rotatable bonds is 7. The van der Waals surface area contributed by atoms with Crippen molar-refractivity contribution in [3.05, 3.63) is 81.3 Å². The van der Waals surface area contributed by atoms with E-state index in [4.69, 9.17) is 11.6 Å². The molecule has 1 fully saturated rings. The molecule has 5 rings (SSSR count).